The van der Waals surface area contributed by atoms with Crippen LogP contribution in [0.25, 0.3) is 0 Å². The van der Waals surface area contributed by atoms with Crippen molar-refractivity contribution in [2.24, 2.45) is 5.92 Å². The standard InChI is InChI=1S/C31H31N3O5/c35-26(23-11-12-27-25(17-23)33-29(36)20-38-27)18-34-15-13-21(14-16-34)28(19-34)39-31(37)30(22-7-3-1-4-8-22)32-24-9-5-2-6-10-24/h1-12,17,21,28,30,32H,13-16,18-20H2/p+1/t21?,28-,30+,34?/m0/s1. The molecule has 2 bridgehead atoms. The quantitative estimate of drug-likeness (QED) is 0.260. The molecule has 0 saturated carbocycles. The number of Topliss-reactive ketones (excluding diaryl/α,β-unsaturated/α-hetero) is 1. The van der Waals surface area contributed by atoms with E-state index in [2.05, 4.69) is 10.6 Å². The Morgan fingerprint density at radius 2 is 1.72 bits per heavy atom. The van der Waals surface area contributed by atoms with Gasteiger partial charge in [0.05, 0.1) is 18.8 Å². The number of hydrogen-bond donors (Lipinski definition) is 2. The average molecular weight is 527 g/mol. The highest BCUT2D eigenvalue weighted by Crippen LogP contribution is 2.37. The summed E-state index contributed by atoms with van der Waals surface area (Å²) >= 11 is 0. The Hall–Kier alpha value is -4.17. The van der Waals surface area contributed by atoms with Gasteiger partial charge in [-0.1, -0.05) is 48.5 Å². The number of ketones is 1. The van der Waals surface area contributed by atoms with Gasteiger partial charge in [0.15, 0.2) is 18.8 Å². The molecule has 4 heterocycles. The topological polar surface area (TPSA) is 93.7 Å². The van der Waals surface area contributed by atoms with Gasteiger partial charge in [-0.05, 0) is 35.9 Å². The number of nitrogens with one attached hydrogen (secondary N) is 2. The zero-order valence-corrected chi connectivity index (χ0v) is 21.7. The molecule has 39 heavy (non-hydrogen) atoms. The maximum Gasteiger partial charge on any atom is 0.333 e. The zero-order chi connectivity index (χ0) is 26.8. The summed E-state index contributed by atoms with van der Waals surface area (Å²) in [7, 11) is 0. The van der Waals surface area contributed by atoms with Crippen molar-refractivity contribution in [1.29, 1.82) is 0 Å². The minimum atomic E-state index is -0.632. The Bertz CT molecular complexity index is 1370. The Kier molecular flexibility index (Phi) is 6.79. The van der Waals surface area contributed by atoms with Crippen molar-refractivity contribution in [3.63, 3.8) is 0 Å². The minimum Gasteiger partial charge on any atom is -0.482 e. The number of carbonyl (C=O) groups excluding carboxylic acids is 3. The molecule has 3 saturated heterocycles. The average Bonchev–Trinajstić information content (AvgIpc) is 2.97. The number of anilines is 2. The molecule has 4 aliphatic heterocycles. The van der Waals surface area contributed by atoms with Crippen molar-refractivity contribution in [2.75, 3.05) is 43.4 Å². The Morgan fingerprint density at radius 3 is 2.46 bits per heavy atom. The molecule has 8 heteroatoms. The van der Waals surface area contributed by atoms with Crippen LogP contribution in [0.2, 0.25) is 0 Å². The summed E-state index contributed by atoms with van der Waals surface area (Å²) in [6.45, 7) is 2.71. The fraction of sp³-hybridized carbons (Fsp3) is 0.323. The number of nitrogens with zero attached hydrogens (tertiary/aromatic N) is 1. The van der Waals surface area contributed by atoms with Gasteiger partial charge in [0.1, 0.15) is 18.8 Å². The van der Waals surface area contributed by atoms with Crippen molar-refractivity contribution in [3.8, 4) is 5.75 Å². The van der Waals surface area contributed by atoms with Crippen LogP contribution in [0.4, 0.5) is 11.4 Å². The van der Waals surface area contributed by atoms with Gasteiger partial charge in [0, 0.05) is 30.0 Å². The molecule has 2 N–H and O–H groups in total. The van der Waals surface area contributed by atoms with Crippen LogP contribution in [0.1, 0.15) is 34.8 Å². The van der Waals surface area contributed by atoms with E-state index in [0.717, 1.165) is 37.2 Å². The van der Waals surface area contributed by atoms with Crippen LogP contribution in [0.3, 0.4) is 0 Å². The lowest BCUT2D eigenvalue weighted by atomic mass is 9.82. The van der Waals surface area contributed by atoms with Gasteiger partial charge in [-0.25, -0.2) is 4.79 Å². The molecule has 8 nitrogen and oxygen atoms in total. The lowest BCUT2D eigenvalue weighted by Crippen LogP contribution is -2.65. The molecule has 0 radical (unpaired) electrons. The number of rotatable bonds is 8. The number of quaternary nitrogens is 1. The second-order valence-corrected chi connectivity index (χ2v) is 10.8. The van der Waals surface area contributed by atoms with E-state index < -0.39 is 6.04 Å². The van der Waals surface area contributed by atoms with Crippen LogP contribution >= 0.6 is 0 Å². The van der Waals surface area contributed by atoms with Crippen LogP contribution < -0.4 is 15.4 Å². The number of piperidine rings is 3. The summed E-state index contributed by atoms with van der Waals surface area (Å²) < 4.78 is 12.3. The highest BCUT2D eigenvalue weighted by atomic mass is 16.5. The number of para-hydroxylation sites is 1. The predicted octanol–water partition coefficient (Wildman–Crippen LogP) is 4.21. The molecule has 4 aliphatic rings. The largest absolute Gasteiger partial charge is 0.482 e. The smallest absolute Gasteiger partial charge is 0.333 e. The number of esters is 1. The molecule has 7 rings (SSSR count). The van der Waals surface area contributed by atoms with E-state index >= 15 is 0 Å². The summed E-state index contributed by atoms with van der Waals surface area (Å²) in [5, 5.41) is 6.12. The Balaban J connectivity index is 1.16. The summed E-state index contributed by atoms with van der Waals surface area (Å²) in [5.74, 6) is 0.344. The van der Waals surface area contributed by atoms with Crippen molar-refractivity contribution < 1.29 is 28.3 Å². The SMILES string of the molecule is O=C1COc2ccc(C(=O)C[N+]34CCC(CC3)[C@@H](OC(=O)[C@H](Nc3ccccc3)c3ccccc3)C4)cc2N1. The molecular weight excluding hydrogens is 494 g/mol. The van der Waals surface area contributed by atoms with Crippen LogP contribution in [-0.4, -0.2) is 61.0 Å². The first kappa shape index (κ1) is 25.1. The van der Waals surface area contributed by atoms with Gasteiger partial charge in [0.2, 0.25) is 5.78 Å². The molecule has 200 valence electrons. The van der Waals surface area contributed by atoms with E-state index in [1.165, 1.54) is 0 Å². The first-order valence-electron chi connectivity index (χ1n) is 13.5. The summed E-state index contributed by atoms with van der Waals surface area (Å²) in [5.41, 5.74) is 2.76. The fourth-order valence-electron chi connectivity index (χ4n) is 6.07. The van der Waals surface area contributed by atoms with E-state index in [9.17, 15) is 14.4 Å². The number of hydrogen-bond acceptors (Lipinski definition) is 6. The summed E-state index contributed by atoms with van der Waals surface area (Å²) in [4.78, 5) is 38.7. The molecule has 3 fully saturated rings. The molecule has 2 atom stereocenters. The van der Waals surface area contributed by atoms with Gasteiger partial charge in [-0.2, -0.15) is 0 Å². The lowest BCUT2D eigenvalue weighted by molar-refractivity contribution is -0.938. The Morgan fingerprint density at radius 1 is 1.00 bits per heavy atom. The van der Waals surface area contributed by atoms with Crippen molar-refractivity contribution in [2.45, 2.75) is 25.0 Å². The third kappa shape index (κ3) is 5.38. The third-order valence-corrected chi connectivity index (χ3v) is 8.18. The highest BCUT2D eigenvalue weighted by Gasteiger charge is 2.49. The molecule has 0 unspecified atom stereocenters. The monoisotopic (exact) mass is 526 g/mol. The van der Waals surface area contributed by atoms with Gasteiger partial charge in [0.25, 0.3) is 5.91 Å². The third-order valence-electron chi connectivity index (χ3n) is 8.18. The molecular formula is C31H32N3O5+. The maximum atomic E-state index is 13.6. The fourth-order valence-corrected chi connectivity index (χ4v) is 6.07. The maximum absolute atomic E-state index is 13.6. The second kappa shape index (κ2) is 10.5. The first-order chi connectivity index (χ1) is 19.0. The zero-order valence-electron chi connectivity index (χ0n) is 21.7. The molecule has 3 aromatic carbocycles. The van der Waals surface area contributed by atoms with Crippen LogP contribution in [0.5, 0.6) is 5.75 Å². The normalized spacial score (nSPS) is 24.1. The molecule has 0 spiro atoms. The van der Waals surface area contributed by atoms with Gasteiger partial charge in [-0.15, -0.1) is 0 Å². The lowest BCUT2D eigenvalue weighted by Gasteiger charge is -2.51. The number of fused-ring (bicyclic) bond motifs is 4. The summed E-state index contributed by atoms with van der Waals surface area (Å²) in [6, 6.07) is 23.8. The van der Waals surface area contributed by atoms with E-state index in [1.54, 1.807) is 18.2 Å². The van der Waals surface area contributed by atoms with Crippen LogP contribution in [0, 0.1) is 5.92 Å². The Labute approximate surface area is 227 Å². The van der Waals surface area contributed by atoms with Crippen LogP contribution in [-0.2, 0) is 14.3 Å². The van der Waals surface area contributed by atoms with Gasteiger partial charge < -0.3 is 24.6 Å². The van der Waals surface area contributed by atoms with Gasteiger partial charge >= 0.3 is 5.97 Å². The molecule has 1 amide bonds. The van der Waals surface area contributed by atoms with Crippen LogP contribution in [0.15, 0.2) is 78.9 Å². The summed E-state index contributed by atoms with van der Waals surface area (Å²) in [6.07, 6.45) is 1.59. The number of carbonyl (C=O) groups is 3. The van der Waals surface area contributed by atoms with E-state index in [0.29, 0.717) is 40.5 Å². The molecule has 3 aromatic rings. The van der Waals surface area contributed by atoms with Crippen molar-refractivity contribution in [3.05, 3.63) is 90.0 Å². The van der Waals surface area contributed by atoms with Crippen molar-refractivity contribution in [1.82, 2.24) is 0 Å². The van der Waals surface area contributed by atoms with E-state index in [4.69, 9.17) is 9.47 Å². The minimum absolute atomic E-state index is 0.0101. The molecule has 0 aliphatic carbocycles. The van der Waals surface area contributed by atoms with E-state index in [1.807, 2.05) is 60.7 Å². The highest BCUT2D eigenvalue weighted by molar-refractivity contribution is 6.01. The second-order valence-electron chi connectivity index (χ2n) is 10.8. The number of amides is 1. The number of benzene rings is 3. The molecule has 0 aromatic heterocycles. The van der Waals surface area contributed by atoms with E-state index in [-0.39, 0.29) is 30.4 Å². The predicted molar refractivity (Wildman–Crippen MR) is 146 cm³/mol. The van der Waals surface area contributed by atoms with Crippen molar-refractivity contribution >= 4 is 29.0 Å². The number of ether oxygens (including phenoxy) is 2. The first-order valence-corrected chi connectivity index (χ1v) is 13.5. The van der Waals surface area contributed by atoms with Gasteiger partial charge in [-0.3, -0.25) is 9.59 Å².